The maximum absolute atomic E-state index is 13.0. The summed E-state index contributed by atoms with van der Waals surface area (Å²) in [4.78, 5) is 26.0. The fourth-order valence-corrected chi connectivity index (χ4v) is 4.80. The molecule has 0 radical (unpaired) electrons. The Labute approximate surface area is 127 Å². The van der Waals surface area contributed by atoms with E-state index in [9.17, 15) is 9.59 Å². The predicted molar refractivity (Wildman–Crippen MR) is 82.8 cm³/mol. The zero-order valence-corrected chi connectivity index (χ0v) is 11.8. The molecule has 0 aromatic heterocycles. The summed E-state index contributed by atoms with van der Waals surface area (Å²) >= 11 is 0. The molecule has 0 N–H and O–H groups in total. The summed E-state index contributed by atoms with van der Waals surface area (Å²) in [6.07, 6.45) is 5.37. The first-order valence-corrected chi connectivity index (χ1v) is 7.76. The van der Waals surface area contributed by atoms with Gasteiger partial charge in [0.15, 0.2) is 11.6 Å². The van der Waals surface area contributed by atoms with Gasteiger partial charge in [0.25, 0.3) is 0 Å². The summed E-state index contributed by atoms with van der Waals surface area (Å²) < 4.78 is 0. The fourth-order valence-electron chi connectivity index (χ4n) is 4.80. The molecule has 104 valence electrons. The van der Waals surface area contributed by atoms with Crippen molar-refractivity contribution < 1.29 is 9.59 Å². The zero-order chi connectivity index (χ0) is 14.6. The number of ketones is 2. The SMILES string of the molecule is O=C1C2=C(C(=O)c3cc4ccccc4cc31)C1CC13C=CC23. The molecule has 4 aliphatic carbocycles. The van der Waals surface area contributed by atoms with Gasteiger partial charge in [0.2, 0.25) is 0 Å². The van der Waals surface area contributed by atoms with Crippen molar-refractivity contribution in [1.29, 1.82) is 0 Å². The van der Waals surface area contributed by atoms with Gasteiger partial charge in [-0.1, -0.05) is 36.4 Å². The molecule has 4 aliphatic rings. The van der Waals surface area contributed by atoms with Crippen LogP contribution in [-0.2, 0) is 0 Å². The quantitative estimate of drug-likeness (QED) is 0.691. The molecule has 2 heteroatoms. The Kier molecular flexibility index (Phi) is 1.59. The summed E-state index contributed by atoms with van der Waals surface area (Å²) in [5, 5.41) is 2.05. The van der Waals surface area contributed by atoms with Gasteiger partial charge in [-0.3, -0.25) is 9.59 Å². The number of fused-ring (bicyclic) bond motifs is 4. The number of Topliss-reactive ketones (excluding diaryl/α,β-unsaturated/α-hetero) is 2. The largest absolute Gasteiger partial charge is 0.289 e. The van der Waals surface area contributed by atoms with Crippen LogP contribution in [0.3, 0.4) is 0 Å². The van der Waals surface area contributed by atoms with Crippen molar-refractivity contribution in [1.82, 2.24) is 0 Å². The van der Waals surface area contributed by atoms with Gasteiger partial charge in [0.05, 0.1) is 0 Å². The number of allylic oxidation sites excluding steroid dienone is 4. The van der Waals surface area contributed by atoms with Crippen LogP contribution in [0.1, 0.15) is 27.1 Å². The summed E-state index contributed by atoms with van der Waals surface area (Å²) in [7, 11) is 0. The minimum absolute atomic E-state index is 0.0799. The molecule has 1 spiro atoms. The van der Waals surface area contributed by atoms with Gasteiger partial charge >= 0.3 is 0 Å². The Balaban J connectivity index is 1.65. The highest BCUT2D eigenvalue weighted by atomic mass is 16.1. The fraction of sp³-hybridized carbons (Fsp3) is 0.200. The lowest BCUT2D eigenvalue weighted by Crippen LogP contribution is -2.27. The van der Waals surface area contributed by atoms with E-state index in [2.05, 4.69) is 12.2 Å². The van der Waals surface area contributed by atoms with Crippen molar-refractivity contribution >= 4 is 22.3 Å². The van der Waals surface area contributed by atoms with Crippen LogP contribution in [0.25, 0.3) is 10.8 Å². The molecule has 2 nitrogen and oxygen atoms in total. The minimum atomic E-state index is 0.0799. The highest BCUT2D eigenvalue weighted by Gasteiger charge is 2.70. The van der Waals surface area contributed by atoms with Gasteiger partial charge in [-0.05, 0) is 35.2 Å². The Morgan fingerprint density at radius 1 is 0.909 bits per heavy atom. The maximum Gasteiger partial charge on any atom is 0.190 e. The van der Waals surface area contributed by atoms with Crippen LogP contribution >= 0.6 is 0 Å². The Bertz CT molecular complexity index is 1010. The number of benzene rings is 2. The monoisotopic (exact) mass is 284 g/mol. The normalized spacial score (nSPS) is 33.3. The third-order valence-electron chi connectivity index (χ3n) is 6.04. The average Bonchev–Trinajstić information content (AvgIpc) is 3.24. The van der Waals surface area contributed by atoms with Crippen LogP contribution in [-0.4, -0.2) is 11.6 Å². The molecule has 1 fully saturated rings. The number of carbonyl (C=O) groups excluding carboxylic acids is 2. The van der Waals surface area contributed by atoms with Gasteiger partial charge in [-0.2, -0.15) is 0 Å². The smallest absolute Gasteiger partial charge is 0.190 e. The van der Waals surface area contributed by atoms with Gasteiger partial charge < -0.3 is 0 Å². The van der Waals surface area contributed by atoms with E-state index in [1.54, 1.807) is 0 Å². The van der Waals surface area contributed by atoms with Gasteiger partial charge in [0, 0.05) is 33.6 Å². The third-order valence-corrected chi connectivity index (χ3v) is 6.04. The number of rotatable bonds is 0. The van der Waals surface area contributed by atoms with E-state index < -0.39 is 0 Å². The Hall–Kier alpha value is -2.48. The maximum atomic E-state index is 13.0. The highest BCUT2D eigenvalue weighted by Crippen LogP contribution is 2.75. The molecule has 22 heavy (non-hydrogen) atoms. The molecule has 0 heterocycles. The van der Waals surface area contributed by atoms with Crippen molar-refractivity contribution in [3.8, 4) is 0 Å². The first kappa shape index (κ1) is 11.1. The van der Waals surface area contributed by atoms with Crippen LogP contribution in [0.4, 0.5) is 0 Å². The van der Waals surface area contributed by atoms with Gasteiger partial charge in [-0.25, -0.2) is 0 Å². The molecule has 6 rings (SSSR count). The molecule has 0 aliphatic heterocycles. The topological polar surface area (TPSA) is 34.1 Å². The molecule has 0 saturated heterocycles. The second kappa shape index (κ2) is 3.14. The molecule has 3 unspecified atom stereocenters. The number of carbonyl (C=O) groups is 2. The minimum Gasteiger partial charge on any atom is -0.289 e. The van der Waals surface area contributed by atoms with E-state index in [1.165, 1.54) is 0 Å². The summed E-state index contributed by atoms with van der Waals surface area (Å²) in [6.45, 7) is 0. The van der Waals surface area contributed by atoms with Crippen LogP contribution < -0.4 is 0 Å². The lowest BCUT2D eigenvalue weighted by atomic mass is 9.73. The van der Waals surface area contributed by atoms with Crippen molar-refractivity contribution in [3.63, 3.8) is 0 Å². The van der Waals surface area contributed by atoms with E-state index in [0.717, 1.165) is 28.3 Å². The van der Waals surface area contributed by atoms with Crippen LogP contribution in [0.2, 0.25) is 0 Å². The molecular formula is C20H12O2. The van der Waals surface area contributed by atoms with Crippen molar-refractivity contribution in [2.75, 3.05) is 0 Å². The Morgan fingerprint density at radius 3 is 2.14 bits per heavy atom. The molecule has 0 amide bonds. The highest BCUT2D eigenvalue weighted by molar-refractivity contribution is 6.29. The van der Waals surface area contributed by atoms with Gasteiger partial charge in [0.1, 0.15) is 0 Å². The molecule has 2 aromatic rings. The summed E-state index contributed by atoms with van der Waals surface area (Å²) in [6, 6.07) is 11.7. The van der Waals surface area contributed by atoms with E-state index in [1.807, 2.05) is 36.4 Å². The second-order valence-electron chi connectivity index (χ2n) is 6.94. The third kappa shape index (κ3) is 0.989. The Morgan fingerprint density at radius 2 is 1.55 bits per heavy atom. The molecule has 2 aromatic carbocycles. The number of hydrogen-bond donors (Lipinski definition) is 0. The average molecular weight is 284 g/mol. The molecule has 1 saturated carbocycles. The second-order valence-corrected chi connectivity index (χ2v) is 6.94. The first-order chi connectivity index (χ1) is 10.7. The predicted octanol–water partition coefficient (Wildman–Crippen LogP) is 3.72. The number of hydrogen-bond acceptors (Lipinski definition) is 2. The molecule has 3 atom stereocenters. The zero-order valence-electron chi connectivity index (χ0n) is 11.8. The lowest BCUT2D eigenvalue weighted by molar-refractivity contribution is 0.0968. The van der Waals surface area contributed by atoms with Crippen LogP contribution in [0.15, 0.2) is 59.7 Å². The van der Waals surface area contributed by atoms with E-state index >= 15 is 0 Å². The van der Waals surface area contributed by atoms with Crippen molar-refractivity contribution in [2.45, 2.75) is 6.42 Å². The van der Waals surface area contributed by atoms with E-state index in [0.29, 0.717) is 17.0 Å². The van der Waals surface area contributed by atoms with Gasteiger partial charge in [-0.15, -0.1) is 0 Å². The summed E-state index contributed by atoms with van der Waals surface area (Å²) in [5.74, 6) is 0.668. The van der Waals surface area contributed by atoms with Crippen molar-refractivity contribution in [3.05, 3.63) is 70.8 Å². The molecule has 0 bridgehead atoms. The van der Waals surface area contributed by atoms with E-state index in [4.69, 9.17) is 0 Å². The summed E-state index contributed by atoms with van der Waals surface area (Å²) in [5.41, 5.74) is 2.96. The van der Waals surface area contributed by atoms with Crippen LogP contribution in [0.5, 0.6) is 0 Å². The lowest BCUT2D eigenvalue weighted by Gasteiger charge is -2.29. The van der Waals surface area contributed by atoms with Crippen LogP contribution in [0, 0.1) is 17.3 Å². The standard InChI is InChI=1S/C20H12O2/c21-18-12-7-10-3-1-2-4-11(10)8-13(12)19(22)17-15-9-20(15)6-5-14(20)16(17)18/h1-8,14-15H,9H2. The van der Waals surface area contributed by atoms with Crippen molar-refractivity contribution in [2.24, 2.45) is 17.3 Å². The van der Waals surface area contributed by atoms with E-state index in [-0.39, 0.29) is 22.9 Å². The first-order valence-electron chi connectivity index (χ1n) is 7.76. The molecular weight excluding hydrogens is 272 g/mol.